The number of anilines is 1. The molecule has 0 spiro atoms. The molecule has 1 aromatic rings. The maximum atomic E-state index is 4.77. The van der Waals surface area contributed by atoms with Gasteiger partial charge in [0.1, 0.15) is 5.82 Å². The first-order valence-electron chi connectivity index (χ1n) is 8.29. The number of nitrogens with zero attached hydrogens (tertiary/aromatic N) is 3. The first kappa shape index (κ1) is 17.9. The molecule has 0 aliphatic carbocycles. The summed E-state index contributed by atoms with van der Waals surface area (Å²) in [5, 5.41) is 3.31. The first-order chi connectivity index (χ1) is 10.0. The standard InChI is InChI=1S/C17H32N4/c1-6-18-11-16-12-19-13-17(20-16)21(9-7-14(2)3)10-8-15(4)5/h12-15,18H,6-11H2,1-5H3. The van der Waals surface area contributed by atoms with Crippen LogP contribution in [0.3, 0.4) is 0 Å². The molecule has 0 aliphatic heterocycles. The van der Waals surface area contributed by atoms with Crippen molar-refractivity contribution >= 4 is 5.82 Å². The van der Waals surface area contributed by atoms with Crippen LogP contribution in [0.4, 0.5) is 5.82 Å². The normalized spacial score (nSPS) is 11.4. The second kappa shape index (κ2) is 9.72. The van der Waals surface area contributed by atoms with Gasteiger partial charge in [-0.2, -0.15) is 0 Å². The summed E-state index contributed by atoms with van der Waals surface area (Å²) in [6.07, 6.45) is 6.14. The Kier molecular flexibility index (Phi) is 8.28. The molecule has 4 heteroatoms. The average molecular weight is 292 g/mol. The van der Waals surface area contributed by atoms with Crippen molar-refractivity contribution in [3.8, 4) is 0 Å². The van der Waals surface area contributed by atoms with Gasteiger partial charge in [-0.15, -0.1) is 0 Å². The predicted octanol–water partition coefficient (Wildman–Crippen LogP) is 3.48. The Bertz CT molecular complexity index is 378. The Morgan fingerprint density at radius 2 is 1.67 bits per heavy atom. The number of aromatic nitrogens is 2. The Balaban J connectivity index is 2.74. The maximum absolute atomic E-state index is 4.77. The van der Waals surface area contributed by atoms with E-state index < -0.39 is 0 Å². The number of hydrogen-bond acceptors (Lipinski definition) is 4. The molecule has 0 unspecified atom stereocenters. The summed E-state index contributed by atoms with van der Waals surface area (Å²) in [4.78, 5) is 11.5. The molecule has 0 aromatic carbocycles. The third kappa shape index (κ3) is 7.42. The van der Waals surface area contributed by atoms with Crippen LogP contribution < -0.4 is 10.2 Å². The monoisotopic (exact) mass is 292 g/mol. The number of rotatable bonds is 10. The van der Waals surface area contributed by atoms with E-state index in [-0.39, 0.29) is 0 Å². The number of hydrogen-bond donors (Lipinski definition) is 1. The third-order valence-corrected chi connectivity index (χ3v) is 3.50. The van der Waals surface area contributed by atoms with E-state index in [0.717, 1.165) is 37.7 Å². The zero-order valence-electron chi connectivity index (χ0n) is 14.4. The first-order valence-corrected chi connectivity index (χ1v) is 8.29. The van der Waals surface area contributed by atoms with E-state index in [1.807, 2.05) is 12.4 Å². The minimum Gasteiger partial charge on any atom is -0.355 e. The van der Waals surface area contributed by atoms with E-state index in [1.54, 1.807) is 0 Å². The molecule has 0 radical (unpaired) electrons. The predicted molar refractivity (Wildman–Crippen MR) is 90.5 cm³/mol. The highest BCUT2D eigenvalue weighted by molar-refractivity contribution is 5.36. The van der Waals surface area contributed by atoms with Crippen LogP contribution in [0.1, 0.15) is 53.2 Å². The molecular formula is C17H32N4. The third-order valence-electron chi connectivity index (χ3n) is 3.50. The molecule has 1 N–H and O–H groups in total. The Morgan fingerprint density at radius 1 is 1.05 bits per heavy atom. The lowest BCUT2D eigenvalue weighted by atomic mass is 10.1. The van der Waals surface area contributed by atoms with E-state index >= 15 is 0 Å². The van der Waals surface area contributed by atoms with Crippen LogP contribution >= 0.6 is 0 Å². The smallest absolute Gasteiger partial charge is 0.147 e. The molecule has 0 fully saturated rings. The van der Waals surface area contributed by atoms with Gasteiger partial charge in [-0.05, 0) is 31.2 Å². The highest BCUT2D eigenvalue weighted by Gasteiger charge is 2.11. The van der Waals surface area contributed by atoms with Crippen molar-refractivity contribution in [2.24, 2.45) is 11.8 Å². The number of nitrogens with one attached hydrogen (secondary N) is 1. The summed E-state index contributed by atoms with van der Waals surface area (Å²) in [6.45, 7) is 15.1. The SMILES string of the molecule is CCNCc1cncc(N(CCC(C)C)CCC(C)C)n1. The molecule has 0 saturated carbocycles. The largest absolute Gasteiger partial charge is 0.355 e. The van der Waals surface area contributed by atoms with E-state index in [2.05, 4.69) is 49.8 Å². The molecule has 0 bridgehead atoms. The second-order valence-electron chi connectivity index (χ2n) is 6.50. The fraction of sp³-hybridized carbons (Fsp3) is 0.765. The molecule has 0 aliphatic rings. The lowest BCUT2D eigenvalue weighted by Crippen LogP contribution is -2.29. The van der Waals surface area contributed by atoms with Crippen molar-refractivity contribution in [3.63, 3.8) is 0 Å². The second-order valence-corrected chi connectivity index (χ2v) is 6.50. The van der Waals surface area contributed by atoms with Crippen LogP contribution in [-0.4, -0.2) is 29.6 Å². The molecule has 21 heavy (non-hydrogen) atoms. The van der Waals surface area contributed by atoms with E-state index in [1.165, 1.54) is 12.8 Å². The van der Waals surface area contributed by atoms with E-state index in [9.17, 15) is 0 Å². The summed E-state index contributed by atoms with van der Waals surface area (Å²) in [5.41, 5.74) is 1.02. The summed E-state index contributed by atoms with van der Waals surface area (Å²) in [7, 11) is 0. The lowest BCUT2D eigenvalue weighted by Gasteiger charge is -2.25. The molecular weight excluding hydrogens is 260 g/mol. The topological polar surface area (TPSA) is 41.1 Å². The molecule has 1 aromatic heterocycles. The van der Waals surface area contributed by atoms with Gasteiger partial charge in [-0.25, -0.2) is 4.98 Å². The van der Waals surface area contributed by atoms with Crippen LogP contribution in [-0.2, 0) is 6.54 Å². The zero-order valence-corrected chi connectivity index (χ0v) is 14.4. The van der Waals surface area contributed by atoms with Crippen molar-refractivity contribution in [1.29, 1.82) is 0 Å². The van der Waals surface area contributed by atoms with Gasteiger partial charge < -0.3 is 10.2 Å². The Morgan fingerprint density at radius 3 is 2.19 bits per heavy atom. The van der Waals surface area contributed by atoms with Gasteiger partial charge in [0.25, 0.3) is 0 Å². The summed E-state index contributed by atoms with van der Waals surface area (Å²) >= 11 is 0. The fourth-order valence-electron chi connectivity index (χ4n) is 2.05. The van der Waals surface area contributed by atoms with Gasteiger partial charge in [0.2, 0.25) is 0 Å². The molecule has 120 valence electrons. The highest BCUT2D eigenvalue weighted by Crippen LogP contribution is 2.15. The average Bonchev–Trinajstić information content (AvgIpc) is 2.45. The van der Waals surface area contributed by atoms with Gasteiger partial charge in [-0.1, -0.05) is 34.6 Å². The van der Waals surface area contributed by atoms with Gasteiger partial charge in [-0.3, -0.25) is 4.98 Å². The maximum Gasteiger partial charge on any atom is 0.147 e. The van der Waals surface area contributed by atoms with Crippen molar-refractivity contribution in [3.05, 3.63) is 18.1 Å². The quantitative estimate of drug-likeness (QED) is 0.717. The van der Waals surface area contributed by atoms with Gasteiger partial charge in [0, 0.05) is 25.8 Å². The lowest BCUT2D eigenvalue weighted by molar-refractivity contribution is 0.532. The summed E-state index contributed by atoms with van der Waals surface area (Å²) in [6, 6.07) is 0. The molecule has 0 amide bonds. The van der Waals surface area contributed by atoms with Crippen molar-refractivity contribution in [1.82, 2.24) is 15.3 Å². The van der Waals surface area contributed by atoms with Crippen LogP contribution in [0.15, 0.2) is 12.4 Å². The van der Waals surface area contributed by atoms with E-state index in [4.69, 9.17) is 4.98 Å². The van der Waals surface area contributed by atoms with Crippen molar-refractivity contribution < 1.29 is 0 Å². The van der Waals surface area contributed by atoms with Gasteiger partial charge in [0.05, 0.1) is 11.9 Å². The minimum atomic E-state index is 0.712. The fourth-order valence-corrected chi connectivity index (χ4v) is 2.05. The molecule has 1 rings (SSSR count). The van der Waals surface area contributed by atoms with Gasteiger partial charge in [0.15, 0.2) is 0 Å². The van der Waals surface area contributed by atoms with E-state index in [0.29, 0.717) is 11.8 Å². The molecule has 1 heterocycles. The van der Waals surface area contributed by atoms with Crippen LogP contribution in [0.2, 0.25) is 0 Å². The summed E-state index contributed by atoms with van der Waals surface area (Å²) < 4.78 is 0. The van der Waals surface area contributed by atoms with Crippen LogP contribution in [0.5, 0.6) is 0 Å². The molecule has 0 saturated heterocycles. The van der Waals surface area contributed by atoms with Crippen molar-refractivity contribution in [2.45, 2.75) is 54.0 Å². The molecule has 4 nitrogen and oxygen atoms in total. The van der Waals surface area contributed by atoms with Crippen LogP contribution in [0.25, 0.3) is 0 Å². The Labute approximate surface area is 130 Å². The van der Waals surface area contributed by atoms with Crippen LogP contribution in [0, 0.1) is 11.8 Å². The minimum absolute atomic E-state index is 0.712. The molecule has 0 atom stereocenters. The highest BCUT2D eigenvalue weighted by atomic mass is 15.2. The van der Waals surface area contributed by atoms with Gasteiger partial charge >= 0.3 is 0 Å². The Hall–Kier alpha value is -1.16. The zero-order chi connectivity index (χ0) is 15.7. The van der Waals surface area contributed by atoms with Crippen molar-refractivity contribution in [2.75, 3.05) is 24.5 Å². The summed E-state index contributed by atoms with van der Waals surface area (Å²) in [5.74, 6) is 2.45.